The van der Waals surface area contributed by atoms with Gasteiger partial charge in [0.05, 0.1) is 29.3 Å². The predicted octanol–water partition coefficient (Wildman–Crippen LogP) is 6.29. The SMILES string of the molecule is CCCCCCCCCCCCCC(CC)OP(=O)(O)OC(CC)C[C@H]1O[C@@H](n2cc(C#N)c3c(N)ncnc32)[C@H](O)[C@H]1O. The fourth-order valence-electron chi connectivity index (χ4n) is 5.85. The van der Waals surface area contributed by atoms with Crippen LogP contribution >= 0.6 is 7.82 Å². The lowest BCUT2D eigenvalue weighted by atomic mass is 10.0. The van der Waals surface area contributed by atoms with Crippen LogP contribution < -0.4 is 5.73 Å². The van der Waals surface area contributed by atoms with Gasteiger partial charge in [-0.1, -0.05) is 91.4 Å². The van der Waals surface area contributed by atoms with E-state index in [1.807, 2.05) is 13.0 Å². The van der Waals surface area contributed by atoms with Gasteiger partial charge in [-0.25, -0.2) is 14.5 Å². The third-order valence-corrected chi connectivity index (χ3v) is 9.60. The number of aromatic nitrogens is 3. The van der Waals surface area contributed by atoms with Crippen molar-refractivity contribution in [2.75, 3.05) is 5.73 Å². The van der Waals surface area contributed by atoms with Gasteiger partial charge in [0.25, 0.3) is 0 Å². The van der Waals surface area contributed by atoms with E-state index in [2.05, 4.69) is 16.9 Å². The van der Waals surface area contributed by atoms with E-state index in [0.29, 0.717) is 24.6 Å². The van der Waals surface area contributed by atoms with Crippen molar-refractivity contribution in [2.45, 2.75) is 154 Å². The average Bonchev–Trinajstić information content (AvgIpc) is 3.52. The first kappa shape index (κ1) is 36.4. The Balaban J connectivity index is 1.47. The molecule has 0 spiro atoms. The number of aliphatic hydroxyl groups excluding tert-OH is 2. The number of aliphatic hydroxyl groups is 2. The third-order valence-electron chi connectivity index (χ3n) is 8.47. The first-order valence-electron chi connectivity index (χ1n) is 16.4. The molecule has 0 aromatic carbocycles. The van der Waals surface area contributed by atoms with E-state index in [0.717, 1.165) is 19.3 Å². The lowest BCUT2D eigenvalue weighted by molar-refractivity contribution is -0.0499. The number of hydrogen-bond acceptors (Lipinski definition) is 10. The molecule has 1 fully saturated rings. The fraction of sp³-hybridized carbons (Fsp3) is 0.774. The second kappa shape index (κ2) is 18.1. The highest BCUT2D eigenvalue weighted by Crippen LogP contribution is 2.48. The number of fused-ring (bicyclic) bond motifs is 1. The molecule has 5 N–H and O–H groups in total. The van der Waals surface area contributed by atoms with E-state index in [1.165, 1.54) is 68.5 Å². The standard InChI is InChI=1S/C31H52N5O7P/c1-4-7-8-9-10-11-12-13-14-15-16-17-23(5-2)42-44(39,40)43-24(6-3)18-25-27(37)28(38)31(41-25)36-20-22(19-32)26-29(33)34-21-35-30(26)36/h20-21,23-25,27-28,31,37-38H,4-18H2,1-3H3,(H,39,40)(H2,33,34,35)/t23?,24?,25-,27+,28-,31-/m1/s1. The number of nitriles is 1. The topological polar surface area (TPSA) is 186 Å². The van der Waals surface area contributed by atoms with Crippen molar-refractivity contribution in [3.8, 4) is 6.07 Å². The fourth-order valence-corrected chi connectivity index (χ4v) is 7.15. The molecule has 3 rings (SSSR count). The Morgan fingerprint density at radius 3 is 2.16 bits per heavy atom. The Bertz CT molecular complexity index is 1240. The van der Waals surface area contributed by atoms with Crippen molar-refractivity contribution < 1.29 is 33.5 Å². The highest BCUT2D eigenvalue weighted by atomic mass is 31.2. The van der Waals surface area contributed by atoms with Crippen molar-refractivity contribution in [3.63, 3.8) is 0 Å². The van der Waals surface area contributed by atoms with Gasteiger partial charge in [0.2, 0.25) is 0 Å². The van der Waals surface area contributed by atoms with Gasteiger partial charge in [0.1, 0.15) is 36.1 Å². The molecule has 0 aliphatic carbocycles. The maximum Gasteiger partial charge on any atom is 0.472 e. The Hall–Kier alpha value is -2.10. The lowest BCUT2D eigenvalue weighted by Gasteiger charge is -2.25. The van der Waals surface area contributed by atoms with Crippen LogP contribution in [0.15, 0.2) is 12.5 Å². The molecular weight excluding hydrogens is 585 g/mol. The Kier molecular flexibility index (Phi) is 15.0. The minimum Gasteiger partial charge on any atom is -0.388 e. The Morgan fingerprint density at radius 1 is 0.977 bits per heavy atom. The summed E-state index contributed by atoms with van der Waals surface area (Å²) in [7, 11) is -4.40. The highest BCUT2D eigenvalue weighted by molar-refractivity contribution is 7.47. The van der Waals surface area contributed by atoms with Gasteiger partial charge in [0.15, 0.2) is 6.23 Å². The van der Waals surface area contributed by atoms with E-state index in [9.17, 15) is 24.9 Å². The molecule has 2 aromatic rings. The molecule has 3 heterocycles. The van der Waals surface area contributed by atoms with Crippen molar-refractivity contribution in [3.05, 3.63) is 18.1 Å². The zero-order chi connectivity index (χ0) is 32.1. The normalized spacial score (nSPS) is 23.0. The number of phosphoric ester groups is 1. The smallest absolute Gasteiger partial charge is 0.388 e. The minimum absolute atomic E-state index is 0.0377. The summed E-state index contributed by atoms with van der Waals surface area (Å²) in [5.74, 6) is 0.113. The van der Waals surface area contributed by atoms with Crippen LogP contribution in [0.3, 0.4) is 0 Å². The van der Waals surface area contributed by atoms with Crippen LogP contribution in [0, 0.1) is 11.3 Å². The minimum atomic E-state index is -4.40. The molecule has 0 bridgehead atoms. The molecule has 3 unspecified atom stereocenters. The monoisotopic (exact) mass is 637 g/mol. The quantitative estimate of drug-likeness (QED) is 0.0890. The van der Waals surface area contributed by atoms with Gasteiger partial charge in [-0.3, -0.25) is 9.05 Å². The summed E-state index contributed by atoms with van der Waals surface area (Å²) in [5.41, 5.74) is 6.44. The van der Waals surface area contributed by atoms with Crippen molar-refractivity contribution in [1.82, 2.24) is 14.5 Å². The van der Waals surface area contributed by atoms with E-state index in [-0.39, 0.29) is 23.4 Å². The molecule has 0 saturated carbocycles. The molecule has 0 radical (unpaired) electrons. The summed E-state index contributed by atoms with van der Waals surface area (Å²) >= 11 is 0. The second-order valence-electron chi connectivity index (χ2n) is 11.9. The number of rotatable bonds is 21. The van der Waals surface area contributed by atoms with Crippen molar-refractivity contribution in [1.29, 1.82) is 5.26 Å². The van der Waals surface area contributed by atoms with Crippen LogP contribution in [-0.4, -0.2) is 60.2 Å². The zero-order valence-electron chi connectivity index (χ0n) is 26.5. The van der Waals surface area contributed by atoms with Crippen LogP contribution in [0.25, 0.3) is 11.0 Å². The maximum absolute atomic E-state index is 13.0. The van der Waals surface area contributed by atoms with Gasteiger partial charge in [-0.15, -0.1) is 0 Å². The molecule has 7 atom stereocenters. The number of nitrogens with two attached hydrogens (primary N) is 1. The van der Waals surface area contributed by atoms with Crippen LogP contribution in [-0.2, 0) is 18.3 Å². The van der Waals surface area contributed by atoms with E-state index < -0.39 is 44.6 Å². The van der Waals surface area contributed by atoms with Crippen LogP contribution in [0.4, 0.5) is 5.82 Å². The molecule has 13 heteroatoms. The van der Waals surface area contributed by atoms with Gasteiger partial charge >= 0.3 is 7.82 Å². The molecule has 2 aromatic heterocycles. The third kappa shape index (κ3) is 10.2. The van der Waals surface area contributed by atoms with Gasteiger partial charge in [-0.2, -0.15) is 5.26 Å². The summed E-state index contributed by atoms with van der Waals surface area (Å²) in [6, 6.07) is 2.04. The number of unbranched alkanes of at least 4 members (excludes halogenated alkanes) is 10. The molecule has 248 valence electrons. The lowest BCUT2D eigenvalue weighted by Crippen LogP contribution is -2.33. The van der Waals surface area contributed by atoms with E-state index in [1.54, 1.807) is 6.92 Å². The van der Waals surface area contributed by atoms with Crippen molar-refractivity contribution in [2.24, 2.45) is 0 Å². The predicted molar refractivity (Wildman–Crippen MR) is 168 cm³/mol. The summed E-state index contributed by atoms with van der Waals surface area (Å²) < 4.78 is 31.5. The van der Waals surface area contributed by atoms with Gasteiger partial charge in [0, 0.05) is 12.6 Å². The first-order chi connectivity index (χ1) is 21.1. The number of ether oxygens (including phenoxy) is 1. The molecular formula is C31H52N5O7P. The van der Waals surface area contributed by atoms with E-state index in [4.69, 9.17) is 19.5 Å². The Morgan fingerprint density at radius 2 is 1.57 bits per heavy atom. The largest absolute Gasteiger partial charge is 0.472 e. The van der Waals surface area contributed by atoms with E-state index >= 15 is 0 Å². The number of anilines is 1. The van der Waals surface area contributed by atoms with Crippen LogP contribution in [0.2, 0.25) is 0 Å². The average molecular weight is 638 g/mol. The molecule has 1 aliphatic heterocycles. The van der Waals surface area contributed by atoms with Gasteiger partial charge < -0.3 is 30.1 Å². The molecule has 0 amide bonds. The van der Waals surface area contributed by atoms with Crippen LogP contribution in [0.1, 0.15) is 129 Å². The highest BCUT2D eigenvalue weighted by Gasteiger charge is 2.46. The molecule has 1 aliphatic rings. The maximum atomic E-state index is 13.0. The number of nitrogen functional groups attached to an aromatic ring is 1. The summed E-state index contributed by atoms with van der Waals surface area (Å²) in [6.07, 6.45) is 12.1. The van der Waals surface area contributed by atoms with Crippen molar-refractivity contribution >= 4 is 24.7 Å². The summed E-state index contributed by atoms with van der Waals surface area (Å²) in [5, 5.41) is 31.5. The molecule has 44 heavy (non-hydrogen) atoms. The number of hydrogen-bond donors (Lipinski definition) is 4. The number of phosphoric acid groups is 1. The van der Waals surface area contributed by atoms with Crippen LogP contribution in [0.5, 0.6) is 0 Å². The molecule has 12 nitrogen and oxygen atoms in total. The second-order valence-corrected chi connectivity index (χ2v) is 13.2. The zero-order valence-corrected chi connectivity index (χ0v) is 27.4. The molecule has 1 saturated heterocycles. The number of nitrogens with zero attached hydrogens (tertiary/aromatic N) is 4. The van der Waals surface area contributed by atoms with Gasteiger partial charge in [-0.05, 0) is 19.3 Å². The summed E-state index contributed by atoms with van der Waals surface area (Å²) in [6.45, 7) is 5.95. The first-order valence-corrected chi connectivity index (χ1v) is 17.9. The Labute approximate surface area is 261 Å². The summed E-state index contributed by atoms with van der Waals surface area (Å²) in [4.78, 5) is 18.7.